The summed E-state index contributed by atoms with van der Waals surface area (Å²) in [7, 11) is 0. The number of nitrogens with two attached hydrogens (primary N) is 1. The van der Waals surface area contributed by atoms with E-state index >= 15 is 0 Å². The topological polar surface area (TPSA) is 55.1 Å². The summed E-state index contributed by atoms with van der Waals surface area (Å²) in [5.41, 5.74) is 9.82. The maximum atomic E-state index is 12.2. The number of amides is 1. The zero-order valence-electron chi connectivity index (χ0n) is 11.6. The van der Waals surface area contributed by atoms with E-state index in [1.165, 1.54) is 11.1 Å². The molecule has 0 radical (unpaired) electrons. The lowest BCUT2D eigenvalue weighted by Gasteiger charge is -2.22. The SMILES string of the molecule is N[C@@H]1CCc2cc(NC(=O)c3ccccc3Cl)ccc2C1. The standard InChI is InChI=1S/C17H17ClN2O/c18-16-4-2-1-3-15(16)17(21)20-14-8-6-11-9-13(19)7-5-12(11)10-14/h1-4,6,8,10,13H,5,7,9,19H2,(H,20,21)/t13-/m1/s1. The minimum absolute atomic E-state index is 0.187. The molecule has 0 aliphatic heterocycles. The van der Waals surface area contributed by atoms with Crippen molar-refractivity contribution < 1.29 is 4.79 Å². The predicted molar refractivity (Wildman–Crippen MR) is 85.8 cm³/mol. The van der Waals surface area contributed by atoms with Crippen molar-refractivity contribution in [2.75, 3.05) is 5.32 Å². The molecule has 1 aliphatic rings. The van der Waals surface area contributed by atoms with Crippen molar-refractivity contribution in [1.82, 2.24) is 0 Å². The molecule has 1 amide bonds. The van der Waals surface area contributed by atoms with Crippen molar-refractivity contribution in [2.45, 2.75) is 25.3 Å². The molecular formula is C17H17ClN2O. The fraction of sp³-hybridized carbons (Fsp3) is 0.235. The molecule has 2 aromatic carbocycles. The average molecular weight is 301 g/mol. The van der Waals surface area contributed by atoms with Crippen molar-refractivity contribution in [3.63, 3.8) is 0 Å². The van der Waals surface area contributed by atoms with Crippen LogP contribution in [-0.2, 0) is 12.8 Å². The maximum absolute atomic E-state index is 12.2. The van der Waals surface area contributed by atoms with Gasteiger partial charge in [0.1, 0.15) is 0 Å². The summed E-state index contributed by atoms with van der Waals surface area (Å²) in [5, 5.41) is 3.36. The third-order valence-corrected chi connectivity index (χ3v) is 4.18. The normalized spacial score (nSPS) is 17.1. The van der Waals surface area contributed by atoms with E-state index in [1.807, 2.05) is 12.1 Å². The van der Waals surface area contributed by atoms with Crippen LogP contribution in [0.25, 0.3) is 0 Å². The number of anilines is 1. The van der Waals surface area contributed by atoms with E-state index in [2.05, 4.69) is 11.4 Å². The first-order chi connectivity index (χ1) is 10.1. The van der Waals surface area contributed by atoms with E-state index < -0.39 is 0 Å². The first kappa shape index (κ1) is 14.1. The Morgan fingerprint density at radius 1 is 1.19 bits per heavy atom. The molecular weight excluding hydrogens is 284 g/mol. The first-order valence-electron chi connectivity index (χ1n) is 7.07. The van der Waals surface area contributed by atoms with Crippen molar-refractivity contribution in [1.29, 1.82) is 0 Å². The Labute approximate surface area is 129 Å². The van der Waals surface area contributed by atoms with Gasteiger partial charge in [-0.3, -0.25) is 4.79 Å². The summed E-state index contributed by atoms with van der Waals surface area (Å²) in [4.78, 5) is 12.2. The van der Waals surface area contributed by atoms with Crippen LogP contribution in [0, 0.1) is 0 Å². The number of hydrogen-bond donors (Lipinski definition) is 2. The largest absolute Gasteiger partial charge is 0.327 e. The summed E-state index contributed by atoms with van der Waals surface area (Å²) in [5.74, 6) is -0.187. The number of aryl methyl sites for hydroxylation is 1. The Bertz CT molecular complexity index is 684. The molecule has 0 saturated heterocycles. The lowest BCUT2D eigenvalue weighted by atomic mass is 9.88. The number of rotatable bonds is 2. The zero-order chi connectivity index (χ0) is 14.8. The van der Waals surface area contributed by atoms with Gasteiger partial charge in [-0.2, -0.15) is 0 Å². The summed E-state index contributed by atoms with van der Waals surface area (Å²) < 4.78 is 0. The van der Waals surface area contributed by atoms with E-state index in [0.717, 1.165) is 24.9 Å². The van der Waals surface area contributed by atoms with Gasteiger partial charge in [-0.15, -0.1) is 0 Å². The molecule has 1 aliphatic carbocycles. The third-order valence-electron chi connectivity index (χ3n) is 3.85. The van der Waals surface area contributed by atoms with Crippen molar-refractivity contribution in [3.8, 4) is 0 Å². The van der Waals surface area contributed by atoms with Crippen LogP contribution < -0.4 is 11.1 Å². The van der Waals surface area contributed by atoms with E-state index in [1.54, 1.807) is 24.3 Å². The minimum atomic E-state index is -0.187. The predicted octanol–water partition coefficient (Wildman–Crippen LogP) is 3.41. The second-order valence-electron chi connectivity index (χ2n) is 5.42. The highest BCUT2D eigenvalue weighted by atomic mass is 35.5. The number of hydrogen-bond acceptors (Lipinski definition) is 2. The van der Waals surface area contributed by atoms with Gasteiger partial charge in [-0.25, -0.2) is 0 Å². The highest BCUT2D eigenvalue weighted by molar-refractivity contribution is 6.34. The number of halogens is 1. The van der Waals surface area contributed by atoms with Crippen molar-refractivity contribution in [3.05, 3.63) is 64.2 Å². The molecule has 0 saturated carbocycles. The number of fused-ring (bicyclic) bond motifs is 1. The molecule has 3 nitrogen and oxygen atoms in total. The number of benzene rings is 2. The van der Waals surface area contributed by atoms with Gasteiger partial charge < -0.3 is 11.1 Å². The molecule has 2 aromatic rings. The summed E-state index contributed by atoms with van der Waals surface area (Å²) in [6.45, 7) is 0. The van der Waals surface area contributed by atoms with E-state index in [-0.39, 0.29) is 11.9 Å². The minimum Gasteiger partial charge on any atom is -0.327 e. The molecule has 108 valence electrons. The Balaban J connectivity index is 1.80. The van der Waals surface area contributed by atoms with Gasteiger partial charge >= 0.3 is 0 Å². The fourth-order valence-electron chi connectivity index (χ4n) is 2.70. The molecule has 0 heterocycles. The van der Waals surface area contributed by atoms with Crippen LogP contribution in [0.2, 0.25) is 5.02 Å². The number of carbonyl (C=O) groups excluding carboxylic acids is 1. The summed E-state index contributed by atoms with van der Waals surface area (Å²) >= 11 is 6.04. The fourth-order valence-corrected chi connectivity index (χ4v) is 2.93. The van der Waals surface area contributed by atoms with Gasteiger partial charge in [0.25, 0.3) is 5.91 Å². The van der Waals surface area contributed by atoms with Gasteiger partial charge in [0, 0.05) is 11.7 Å². The van der Waals surface area contributed by atoms with Gasteiger partial charge in [0.15, 0.2) is 0 Å². The van der Waals surface area contributed by atoms with Crippen LogP contribution in [0.3, 0.4) is 0 Å². The molecule has 21 heavy (non-hydrogen) atoms. The molecule has 0 aromatic heterocycles. The van der Waals surface area contributed by atoms with Crippen LogP contribution in [-0.4, -0.2) is 11.9 Å². The molecule has 0 fully saturated rings. The van der Waals surface area contributed by atoms with Crippen LogP contribution in [0.1, 0.15) is 27.9 Å². The van der Waals surface area contributed by atoms with Gasteiger partial charge in [-0.05, 0) is 54.7 Å². The van der Waals surface area contributed by atoms with Gasteiger partial charge in [0.2, 0.25) is 0 Å². The molecule has 0 unspecified atom stereocenters. The van der Waals surface area contributed by atoms with Gasteiger partial charge in [-0.1, -0.05) is 29.8 Å². The molecule has 0 spiro atoms. The molecule has 0 bridgehead atoms. The second-order valence-corrected chi connectivity index (χ2v) is 5.83. The zero-order valence-corrected chi connectivity index (χ0v) is 12.4. The first-order valence-corrected chi connectivity index (χ1v) is 7.44. The highest BCUT2D eigenvalue weighted by Crippen LogP contribution is 2.24. The average Bonchev–Trinajstić information content (AvgIpc) is 2.48. The second kappa shape index (κ2) is 5.88. The molecule has 1 atom stereocenters. The Kier molecular flexibility index (Phi) is 3.95. The Hall–Kier alpha value is -1.84. The van der Waals surface area contributed by atoms with E-state index in [9.17, 15) is 4.79 Å². The Morgan fingerprint density at radius 2 is 2.00 bits per heavy atom. The van der Waals surface area contributed by atoms with Crippen LogP contribution in [0.15, 0.2) is 42.5 Å². The molecule has 4 heteroatoms. The smallest absolute Gasteiger partial charge is 0.257 e. The quantitative estimate of drug-likeness (QED) is 0.893. The summed E-state index contributed by atoms with van der Waals surface area (Å²) in [6.07, 6.45) is 2.87. The van der Waals surface area contributed by atoms with Crippen LogP contribution >= 0.6 is 11.6 Å². The summed E-state index contributed by atoms with van der Waals surface area (Å²) in [6, 6.07) is 13.3. The van der Waals surface area contributed by atoms with Crippen molar-refractivity contribution in [2.24, 2.45) is 5.73 Å². The molecule has 3 N–H and O–H groups in total. The number of nitrogens with one attached hydrogen (secondary N) is 1. The van der Waals surface area contributed by atoms with E-state index in [0.29, 0.717) is 10.6 Å². The van der Waals surface area contributed by atoms with Crippen molar-refractivity contribution >= 4 is 23.2 Å². The lowest BCUT2D eigenvalue weighted by Crippen LogP contribution is -2.27. The monoisotopic (exact) mass is 300 g/mol. The Morgan fingerprint density at radius 3 is 2.81 bits per heavy atom. The van der Waals surface area contributed by atoms with Crippen LogP contribution in [0.5, 0.6) is 0 Å². The third kappa shape index (κ3) is 3.09. The van der Waals surface area contributed by atoms with Gasteiger partial charge in [0.05, 0.1) is 10.6 Å². The number of carbonyl (C=O) groups is 1. The van der Waals surface area contributed by atoms with Crippen LogP contribution in [0.4, 0.5) is 5.69 Å². The highest BCUT2D eigenvalue weighted by Gasteiger charge is 2.16. The maximum Gasteiger partial charge on any atom is 0.257 e. The van der Waals surface area contributed by atoms with E-state index in [4.69, 9.17) is 17.3 Å². The molecule has 3 rings (SSSR count). The lowest BCUT2D eigenvalue weighted by molar-refractivity contribution is 0.102.